The molecule has 0 spiro atoms. The molecule has 0 saturated carbocycles. The number of likely N-dealkylation sites (tertiary alicyclic amines) is 1. The third-order valence-corrected chi connectivity index (χ3v) is 4.46. The number of amides is 1. The lowest BCUT2D eigenvalue weighted by atomic mass is 9.75. The molecule has 116 valence electrons. The van der Waals surface area contributed by atoms with Gasteiger partial charge in [0.25, 0.3) is 0 Å². The first-order valence-corrected chi connectivity index (χ1v) is 8.53. The van der Waals surface area contributed by atoms with Crippen molar-refractivity contribution in [2.45, 2.75) is 25.3 Å². The molecule has 1 fully saturated rings. The largest absolute Gasteiger partial charge is 0.339 e. The zero-order chi connectivity index (χ0) is 15.8. The Morgan fingerprint density at radius 3 is 2.48 bits per heavy atom. The fourth-order valence-electron chi connectivity index (χ4n) is 2.72. The summed E-state index contributed by atoms with van der Waals surface area (Å²) < 4.78 is 38.3. The van der Waals surface area contributed by atoms with Crippen LogP contribution in [0.1, 0.15) is 19.4 Å². The number of hydrogen-bond donors (Lipinski definition) is 1. The van der Waals surface area contributed by atoms with Crippen molar-refractivity contribution in [2.24, 2.45) is 0 Å². The Bertz CT molecular complexity index is 654. The number of hydrogen-bond acceptors (Lipinski definition) is 3. The van der Waals surface area contributed by atoms with Crippen LogP contribution in [0.5, 0.6) is 0 Å². The summed E-state index contributed by atoms with van der Waals surface area (Å²) >= 11 is 0. The minimum Gasteiger partial charge on any atom is -0.339 e. The summed E-state index contributed by atoms with van der Waals surface area (Å²) in [6.45, 7) is 4.15. The maximum Gasteiger partial charge on any atom is 0.240 e. The predicted molar refractivity (Wildman–Crippen MR) is 77.8 cm³/mol. The number of rotatable bonds is 4. The molecule has 1 aromatic carbocycles. The molecule has 7 heteroatoms. The number of nitrogens with zero attached hydrogens (tertiary/aromatic N) is 1. The highest BCUT2D eigenvalue weighted by Gasteiger charge is 2.44. The average Bonchev–Trinajstić information content (AvgIpc) is 2.32. The molecular formula is C14H19FN2O3S. The lowest BCUT2D eigenvalue weighted by molar-refractivity contribution is -0.140. The van der Waals surface area contributed by atoms with E-state index in [2.05, 4.69) is 4.72 Å². The highest BCUT2D eigenvalue weighted by Crippen LogP contribution is 2.35. The molecule has 5 nitrogen and oxygen atoms in total. The van der Waals surface area contributed by atoms with Crippen LogP contribution in [0.3, 0.4) is 0 Å². The Morgan fingerprint density at radius 2 is 1.95 bits per heavy atom. The predicted octanol–water partition coefficient (Wildman–Crippen LogP) is 0.863. The Hall–Kier alpha value is -1.47. The van der Waals surface area contributed by atoms with E-state index < -0.39 is 21.5 Å². The van der Waals surface area contributed by atoms with Crippen molar-refractivity contribution >= 4 is 15.9 Å². The molecule has 1 atom stereocenters. The molecule has 1 aromatic rings. The monoisotopic (exact) mass is 314 g/mol. The lowest BCUT2D eigenvalue weighted by Gasteiger charge is -2.49. The molecule has 1 amide bonds. The van der Waals surface area contributed by atoms with Gasteiger partial charge in [0.1, 0.15) is 5.82 Å². The topological polar surface area (TPSA) is 66.5 Å². The quantitative estimate of drug-likeness (QED) is 0.896. The van der Waals surface area contributed by atoms with Crippen LogP contribution in [-0.2, 0) is 20.2 Å². The first-order chi connectivity index (χ1) is 9.62. The second kappa shape index (κ2) is 5.38. The molecule has 0 aromatic heterocycles. The maximum absolute atomic E-state index is 13.8. The van der Waals surface area contributed by atoms with Crippen molar-refractivity contribution < 1.29 is 17.6 Å². The van der Waals surface area contributed by atoms with E-state index in [1.807, 2.05) is 6.92 Å². The van der Waals surface area contributed by atoms with Gasteiger partial charge in [-0.2, -0.15) is 0 Å². The van der Waals surface area contributed by atoms with Gasteiger partial charge in [-0.1, -0.05) is 25.1 Å². The summed E-state index contributed by atoms with van der Waals surface area (Å²) in [5.41, 5.74) is 0.156. The van der Waals surface area contributed by atoms with Crippen LogP contribution in [0.4, 0.5) is 4.39 Å². The molecule has 1 heterocycles. The van der Waals surface area contributed by atoms with E-state index in [4.69, 9.17) is 0 Å². The summed E-state index contributed by atoms with van der Waals surface area (Å²) in [4.78, 5) is 13.6. The standard InChI is InChI=1S/C14H19FN2O3S/c1-10(16-21(3,19)20)13(18)17-8-14(2,9-17)11-6-4-5-7-12(11)15/h4-7,10,16H,8-9H2,1-3H3. The van der Waals surface area contributed by atoms with Gasteiger partial charge in [0, 0.05) is 18.5 Å². The van der Waals surface area contributed by atoms with Crippen molar-refractivity contribution in [1.82, 2.24) is 9.62 Å². The average molecular weight is 314 g/mol. The molecule has 1 saturated heterocycles. The molecule has 1 unspecified atom stereocenters. The van der Waals surface area contributed by atoms with E-state index in [0.29, 0.717) is 18.7 Å². The Kier molecular flexibility index (Phi) is 4.08. The minimum absolute atomic E-state index is 0.283. The Labute approximate surface area is 124 Å². The van der Waals surface area contributed by atoms with E-state index in [1.54, 1.807) is 18.2 Å². The molecule has 0 radical (unpaired) electrons. The zero-order valence-corrected chi connectivity index (χ0v) is 13.1. The van der Waals surface area contributed by atoms with Crippen molar-refractivity contribution in [3.8, 4) is 0 Å². The summed E-state index contributed by atoms with van der Waals surface area (Å²) in [5.74, 6) is -0.580. The number of benzene rings is 1. The van der Waals surface area contributed by atoms with Crippen LogP contribution in [0.2, 0.25) is 0 Å². The molecule has 1 aliphatic rings. The lowest BCUT2D eigenvalue weighted by Crippen LogP contribution is -2.63. The molecular weight excluding hydrogens is 295 g/mol. The third kappa shape index (κ3) is 3.41. The van der Waals surface area contributed by atoms with E-state index in [-0.39, 0.29) is 11.7 Å². The fourth-order valence-corrected chi connectivity index (χ4v) is 3.46. The van der Waals surface area contributed by atoms with Gasteiger partial charge in [-0.3, -0.25) is 4.79 Å². The first kappa shape index (κ1) is 15.9. The van der Waals surface area contributed by atoms with Crippen LogP contribution in [0, 0.1) is 5.82 Å². The molecule has 1 aliphatic heterocycles. The third-order valence-electron chi connectivity index (χ3n) is 3.68. The van der Waals surface area contributed by atoms with Crippen molar-refractivity contribution in [3.05, 3.63) is 35.6 Å². The minimum atomic E-state index is -3.43. The molecule has 0 aliphatic carbocycles. The van der Waals surface area contributed by atoms with Crippen LogP contribution < -0.4 is 4.72 Å². The van der Waals surface area contributed by atoms with Gasteiger partial charge in [0.05, 0.1) is 12.3 Å². The van der Waals surface area contributed by atoms with Crippen LogP contribution >= 0.6 is 0 Å². The summed E-state index contributed by atoms with van der Waals surface area (Å²) in [6.07, 6.45) is 1.01. The Morgan fingerprint density at radius 1 is 1.38 bits per heavy atom. The van der Waals surface area contributed by atoms with Crippen LogP contribution in [0.15, 0.2) is 24.3 Å². The van der Waals surface area contributed by atoms with Crippen molar-refractivity contribution in [3.63, 3.8) is 0 Å². The Balaban J connectivity index is 2.03. The fraction of sp³-hybridized carbons (Fsp3) is 0.500. The zero-order valence-electron chi connectivity index (χ0n) is 12.3. The van der Waals surface area contributed by atoms with Crippen molar-refractivity contribution in [1.29, 1.82) is 0 Å². The maximum atomic E-state index is 13.8. The molecule has 0 bridgehead atoms. The van der Waals surface area contributed by atoms with Gasteiger partial charge in [0.15, 0.2) is 0 Å². The second-order valence-corrected chi connectivity index (χ2v) is 7.63. The van der Waals surface area contributed by atoms with E-state index in [1.165, 1.54) is 17.9 Å². The van der Waals surface area contributed by atoms with Crippen LogP contribution in [-0.4, -0.2) is 44.6 Å². The highest BCUT2D eigenvalue weighted by atomic mass is 32.2. The molecule has 1 N–H and O–H groups in total. The second-order valence-electron chi connectivity index (χ2n) is 5.85. The van der Waals surface area contributed by atoms with Crippen molar-refractivity contribution in [2.75, 3.05) is 19.3 Å². The van der Waals surface area contributed by atoms with E-state index in [0.717, 1.165) is 6.26 Å². The number of sulfonamides is 1. The summed E-state index contributed by atoms with van der Waals surface area (Å²) in [6, 6.07) is 5.70. The van der Waals surface area contributed by atoms with Gasteiger partial charge in [-0.15, -0.1) is 0 Å². The molecule has 21 heavy (non-hydrogen) atoms. The first-order valence-electron chi connectivity index (χ1n) is 6.63. The van der Waals surface area contributed by atoms with Gasteiger partial charge in [0.2, 0.25) is 15.9 Å². The summed E-state index contributed by atoms with van der Waals surface area (Å²) in [5, 5.41) is 0. The summed E-state index contributed by atoms with van der Waals surface area (Å²) in [7, 11) is -3.43. The van der Waals surface area contributed by atoms with Gasteiger partial charge in [-0.05, 0) is 18.6 Å². The smallest absolute Gasteiger partial charge is 0.240 e. The normalized spacial score (nSPS) is 19.0. The number of carbonyl (C=O) groups is 1. The number of nitrogens with one attached hydrogen (secondary N) is 1. The van der Waals surface area contributed by atoms with Gasteiger partial charge >= 0.3 is 0 Å². The molecule has 2 rings (SSSR count). The van der Waals surface area contributed by atoms with Gasteiger partial charge in [-0.25, -0.2) is 17.5 Å². The van der Waals surface area contributed by atoms with Gasteiger partial charge < -0.3 is 4.90 Å². The number of halogens is 1. The number of carbonyl (C=O) groups excluding carboxylic acids is 1. The SMILES string of the molecule is CC(NS(C)(=O)=O)C(=O)N1CC(C)(c2ccccc2F)C1. The highest BCUT2D eigenvalue weighted by molar-refractivity contribution is 7.88. The van der Waals surface area contributed by atoms with Crippen LogP contribution in [0.25, 0.3) is 0 Å². The van der Waals surface area contributed by atoms with E-state index in [9.17, 15) is 17.6 Å². The van der Waals surface area contributed by atoms with E-state index >= 15 is 0 Å².